The Morgan fingerprint density at radius 2 is 1.95 bits per heavy atom. The zero-order chi connectivity index (χ0) is 13.8. The molecule has 1 fully saturated rings. The first-order chi connectivity index (χ1) is 9.08. The Balaban J connectivity index is 2.02. The van der Waals surface area contributed by atoms with Gasteiger partial charge in [-0.15, -0.1) is 0 Å². The van der Waals surface area contributed by atoms with Gasteiger partial charge in [0, 0.05) is 16.5 Å². The highest BCUT2D eigenvalue weighted by molar-refractivity contribution is 9.09. The molecule has 0 aromatic heterocycles. The van der Waals surface area contributed by atoms with Crippen molar-refractivity contribution in [3.05, 3.63) is 39.9 Å². The number of para-hydroxylation sites is 1. The molecule has 2 rings (SSSR count). The highest BCUT2D eigenvalue weighted by Gasteiger charge is 2.26. The summed E-state index contributed by atoms with van der Waals surface area (Å²) in [5.41, 5.74) is 1.09. The molecule has 1 saturated carbocycles. The van der Waals surface area contributed by atoms with Crippen LogP contribution in [-0.4, -0.2) is 9.75 Å². The van der Waals surface area contributed by atoms with Crippen LogP contribution in [0.5, 0.6) is 0 Å². The van der Waals surface area contributed by atoms with Crippen molar-refractivity contribution in [1.82, 2.24) is 0 Å². The van der Waals surface area contributed by atoms with Crippen molar-refractivity contribution in [2.75, 3.05) is 0 Å². The zero-order valence-electron chi connectivity index (χ0n) is 11.2. The number of halogens is 1. The molecule has 1 aromatic carbocycles. The van der Waals surface area contributed by atoms with Crippen molar-refractivity contribution >= 4 is 21.6 Å². The summed E-state index contributed by atoms with van der Waals surface area (Å²) in [5.74, 6) is 1.48. The van der Waals surface area contributed by atoms with Crippen LogP contribution in [0.25, 0.3) is 0 Å². The molecule has 0 radical (unpaired) electrons. The molecule has 1 aromatic rings. The molecule has 3 nitrogen and oxygen atoms in total. The molecule has 0 aliphatic heterocycles. The second kappa shape index (κ2) is 6.51. The molecule has 1 unspecified atom stereocenters. The van der Waals surface area contributed by atoms with E-state index in [1.54, 1.807) is 12.1 Å². The molecule has 0 amide bonds. The van der Waals surface area contributed by atoms with Crippen LogP contribution in [0.3, 0.4) is 0 Å². The smallest absolute Gasteiger partial charge is 0.258 e. The summed E-state index contributed by atoms with van der Waals surface area (Å²) in [7, 11) is 0. The number of alkyl halides is 1. The van der Waals surface area contributed by atoms with Crippen LogP contribution in [0.1, 0.15) is 38.2 Å². The molecule has 4 heteroatoms. The fourth-order valence-electron chi connectivity index (χ4n) is 2.89. The van der Waals surface area contributed by atoms with Crippen LogP contribution in [0, 0.1) is 22.0 Å². The van der Waals surface area contributed by atoms with Crippen LogP contribution in [-0.2, 0) is 6.42 Å². The maximum absolute atomic E-state index is 11.0. The molecule has 104 valence electrons. The number of nitro benzene ring substituents is 1. The quantitative estimate of drug-likeness (QED) is 0.456. The van der Waals surface area contributed by atoms with Gasteiger partial charge in [0.05, 0.1) is 4.92 Å². The molecule has 0 saturated heterocycles. The van der Waals surface area contributed by atoms with Gasteiger partial charge >= 0.3 is 0 Å². The summed E-state index contributed by atoms with van der Waals surface area (Å²) in [4.78, 5) is 11.1. The minimum atomic E-state index is -0.280. The molecular weight excluding hydrogens is 306 g/mol. The fourth-order valence-corrected chi connectivity index (χ4v) is 3.76. The number of nitrogens with zero attached hydrogens (tertiary/aromatic N) is 1. The zero-order valence-corrected chi connectivity index (χ0v) is 12.8. The lowest BCUT2D eigenvalue weighted by Gasteiger charge is -2.29. The summed E-state index contributed by atoms with van der Waals surface area (Å²) < 4.78 is 0. The van der Waals surface area contributed by atoms with E-state index in [4.69, 9.17) is 0 Å². The minimum Gasteiger partial charge on any atom is -0.258 e. The normalized spacial score (nSPS) is 24.9. The van der Waals surface area contributed by atoms with Crippen LogP contribution in [0.2, 0.25) is 0 Å². The summed E-state index contributed by atoms with van der Waals surface area (Å²) in [6.45, 7) is 2.31. The van der Waals surface area contributed by atoms with Crippen molar-refractivity contribution in [2.45, 2.75) is 43.9 Å². The van der Waals surface area contributed by atoms with E-state index in [1.165, 1.54) is 25.7 Å². The second-order valence-electron chi connectivity index (χ2n) is 5.63. The largest absolute Gasteiger partial charge is 0.272 e. The Morgan fingerprint density at radius 3 is 2.58 bits per heavy atom. The molecule has 19 heavy (non-hydrogen) atoms. The van der Waals surface area contributed by atoms with Gasteiger partial charge in [-0.25, -0.2) is 0 Å². The Hall–Kier alpha value is -0.900. The molecule has 1 aliphatic carbocycles. The highest BCUT2D eigenvalue weighted by Crippen LogP contribution is 2.35. The van der Waals surface area contributed by atoms with Gasteiger partial charge in [0.2, 0.25) is 0 Å². The first-order valence-electron chi connectivity index (χ1n) is 6.94. The van der Waals surface area contributed by atoms with Gasteiger partial charge in [0.1, 0.15) is 0 Å². The average Bonchev–Trinajstić information content (AvgIpc) is 2.39. The van der Waals surface area contributed by atoms with Gasteiger partial charge in [-0.05, 0) is 31.1 Å². The van der Waals surface area contributed by atoms with Crippen LogP contribution < -0.4 is 0 Å². The maximum atomic E-state index is 11.0. The molecule has 0 spiro atoms. The van der Waals surface area contributed by atoms with Crippen molar-refractivity contribution in [2.24, 2.45) is 11.8 Å². The van der Waals surface area contributed by atoms with E-state index in [0.717, 1.165) is 17.9 Å². The third-order valence-electron chi connectivity index (χ3n) is 4.18. The van der Waals surface area contributed by atoms with Gasteiger partial charge < -0.3 is 0 Å². The lowest BCUT2D eigenvalue weighted by molar-refractivity contribution is -0.385. The molecule has 1 aliphatic rings. The van der Waals surface area contributed by atoms with E-state index >= 15 is 0 Å². The molecular formula is C15H20BrNO2. The van der Waals surface area contributed by atoms with Crippen LogP contribution in [0.15, 0.2) is 24.3 Å². The highest BCUT2D eigenvalue weighted by atomic mass is 79.9. The lowest BCUT2D eigenvalue weighted by atomic mass is 9.80. The molecule has 0 N–H and O–H groups in total. The third-order valence-corrected chi connectivity index (χ3v) is 5.25. The Morgan fingerprint density at radius 1 is 1.32 bits per heavy atom. The summed E-state index contributed by atoms with van der Waals surface area (Å²) >= 11 is 3.76. The van der Waals surface area contributed by atoms with Crippen LogP contribution in [0.4, 0.5) is 5.69 Å². The summed E-state index contributed by atoms with van der Waals surface area (Å²) in [6, 6.07) is 7.08. The van der Waals surface area contributed by atoms with Gasteiger partial charge in [-0.2, -0.15) is 0 Å². The summed E-state index contributed by atoms with van der Waals surface area (Å²) in [5, 5.41) is 11.0. The number of hydrogen-bond donors (Lipinski definition) is 0. The number of nitro groups is 1. The van der Waals surface area contributed by atoms with E-state index in [-0.39, 0.29) is 10.6 Å². The SMILES string of the molecule is CC1CCC(C(Br)Cc2ccccc2[N+](=O)[O-])CC1. The van der Waals surface area contributed by atoms with Crippen LogP contribution >= 0.6 is 15.9 Å². The Bertz CT molecular complexity index is 442. The van der Waals surface area contributed by atoms with E-state index in [9.17, 15) is 10.1 Å². The fraction of sp³-hybridized carbons (Fsp3) is 0.600. The predicted octanol–water partition coefficient (Wildman–Crippen LogP) is 4.73. The predicted molar refractivity (Wildman–Crippen MR) is 80.6 cm³/mol. The van der Waals surface area contributed by atoms with Crippen molar-refractivity contribution in [1.29, 1.82) is 0 Å². The minimum absolute atomic E-state index is 0.246. The molecule has 0 heterocycles. The standard InChI is InChI=1S/C15H20BrNO2/c1-11-6-8-12(9-7-11)14(16)10-13-4-2-3-5-15(13)17(18)19/h2-5,11-12,14H,6-10H2,1H3. The second-order valence-corrected chi connectivity index (χ2v) is 6.80. The number of rotatable bonds is 4. The average molecular weight is 326 g/mol. The molecule has 1 atom stereocenters. The first kappa shape index (κ1) is 14.5. The monoisotopic (exact) mass is 325 g/mol. The van der Waals surface area contributed by atoms with Crippen molar-refractivity contribution in [3.8, 4) is 0 Å². The lowest BCUT2D eigenvalue weighted by Crippen LogP contribution is -2.22. The van der Waals surface area contributed by atoms with Gasteiger partial charge in [0.25, 0.3) is 5.69 Å². The Kier molecular flexibility index (Phi) is 4.97. The van der Waals surface area contributed by atoms with Gasteiger partial charge in [-0.3, -0.25) is 10.1 Å². The van der Waals surface area contributed by atoms with Crippen molar-refractivity contribution < 1.29 is 4.92 Å². The number of hydrogen-bond acceptors (Lipinski definition) is 2. The summed E-state index contributed by atoms with van der Waals surface area (Å²) in [6.07, 6.45) is 5.78. The van der Waals surface area contributed by atoms with E-state index in [1.807, 2.05) is 12.1 Å². The van der Waals surface area contributed by atoms with E-state index in [2.05, 4.69) is 22.9 Å². The van der Waals surface area contributed by atoms with Gasteiger partial charge in [-0.1, -0.05) is 53.9 Å². The van der Waals surface area contributed by atoms with E-state index < -0.39 is 0 Å². The molecule has 0 bridgehead atoms. The van der Waals surface area contributed by atoms with Gasteiger partial charge in [0.15, 0.2) is 0 Å². The first-order valence-corrected chi connectivity index (χ1v) is 7.86. The Labute approximate surface area is 122 Å². The maximum Gasteiger partial charge on any atom is 0.272 e. The van der Waals surface area contributed by atoms with E-state index in [0.29, 0.717) is 10.7 Å². The third kappa shape index (κ3) is 3.78. The number of benzene rings is 1. The topological polar surface area (TPSA) is 43.1 Å². The van der Waals surface area contributed by atoms with Crippen molar-refractivity contribution in [3.63, 3.8) is 0 Å².